The normalized spacial score (nSPS) is 10.0. The van der Waals surface area contributed by atoms with E-state index in [4.69, 9.17) is 0 Å². The highest BCUT2D eigenvalue weighted by atomic mass is 35.5. The molecule has 0 saturated carbocycles. The molecule has 0 N–H and O–H groups in total. The molecular formula is C17H30ClN. The van der Waals surface area contributed by atoms with E-state index in [9.17, 15) is 0 Å². The van der Waals surface area contributed by atoms with Gasteiger partial charge >= 0.3 is 0 Å². The van der Waals surface area contributed by atoms with Crippen LogP contribution in [-0.4, -0.2) is 13.6 Å². The molecule has 1 aromatic rings. The van der Waals surface area contributed by atoms with E-state index < -0.39 is 0 Å². The molecule has 0 aliphatic heterocycles. The van der Waals surface area contributed by atoms with E-state index in [2.05, 4.69) is 49.2 Å². The number of hydrogen-bond donors (Lipinski definition) is 0. The Kier molecular flexibility index (Phi) is 11.9. The third-order valence-corrected chi connectivity index (χ3v) is 3.54. The van der Waals surface area contributed by atoms with Crippen molar-refractivity contribution in [1.82, 2.24) is 0 Å². The lowest BCUT2D eigenvalue weighted by atomic mass is 10.1. The predicted molar refractivity (Wildman–Crippen MR) is 89.6 cm³/mol. The summed E-state index contributed by atoms with van der Waals surface area (Å²) in [5.41, 5.74) is 1.33. The maximum Gasteiger partial charge on any atom is 0.0363 e. The number of anilines is 1. The molecule has 0 saturated heterocycles. The number of para-hydroxylation sites is 1. The highest BCUT2D eigenvalue weighted by Gasteiger charge is 1.98. The quantitative estimate of drug-likeness (QED) is 0.499. The first-order valence-electron chi connectivity index (χ1n) is 7.60. The average Bonchev–Trinajstić information content (AvgIpc) is 2.42. The van der Waals surface area contributed by atoms with Crippen molar-refractivity contribution in [1.29, 1.82) is 0 Å². The van der Waals surface area contributed by atoms with Crippen LogP contribution in [0, 0.1) is 0 Å². The smallest absolute Gasteiger partial charge is 0.0363 e. The van der Waals surface area contributed by atoms with Crippen molar-refractivity contribution in [2.45, 2.75) is 58.3 Å². The number of hydrogen-bond acceptors (Lipinski definition) is 1. The van der Waals surface area contributed by atoms with Gasteiger partial charge in [0.25, 0.3) is 0 Å². The lowest BCUT2D eigenvalue weighted by Gasteiger charge is -2.18. The van der Waals surface area contributed by atoms with Crippen molar-refractivity contribution < 1.29 is 0 Å². The van der Waals surface area contributed by atoms with Crippen LogP contribution in [0.25, 0.3) is 0 Å². The fourth-order valence-electron chi connectivity index (χ4n) is 2.29. The summed E-state index contributed by atoms with van der Waals surface area (Å²) in [4.78, 5) is 2.36. The van der Waals surface area contributed by atoms with Crippen molar-refractivity contribution in [3.05, 3.63) is 30.3 Å². The number of unbranched alkanes of at least 4 members (excludes halogenated alkanes) is 7. The summed E-state index contributed by atoms with van der Waals surface area (Å²) in [6, 6.07) is 10.7. The monoisotopic (exact) mass is 283 g/mol. The van der Waals surface area contributed by atoms with Crippen molar-refractivity contribution in [2.24, 2.45) is 0 Å². The van der Waals surface area contributed by atoms with Gasteiger partial charge in [0.2, 0.25) is 0 Å². The fraction of sp³-hybridized carbons (Fsp3) is 0.647. The van der Waals surface area contributed by atoms with E-state index in [0.29, 0.717) is 0 Å². The minimum Gasteiger partial charge on any atom is -0.375 e. The summed E-state index contributed by atoms with van der Waals surface area (Å²) >= 11 is 0. The summed E-state index contributed by atoms with van der Waals surface area (Å²) in [7, 11) is 2.19. The maximum absolute atomic E-state index is 2.36. The lowest BCUT2D eigenvalue weighted by Crippen LogP contribution is -2.18. The van der Waals surface area contributed by atoms with Crippen molar-refractivity contribution in [3.8, 4) is 0 Å². The van der Waals surface area contributed by atoms with E-state index in [1.807, 2.05) is 0 Å². The standard InChI is InChI=1S/C17H29N.ClH/c1-3-4-5-6-7-8-9-13-16-18(2)17-14-11-10-12-15-17;/h10-12,14-15H,3-9,13,16H2,1-2H3;1H. The SMILES string of the molecule is CCCCCCCCCCN(C)c1ccccc1.Cl. The molecule has 2 heteroatoms. The first-order chi connectivity index (χ1) is 8.84. The van der Waals surface area contributed by atoms with Crippen LogP contribution in [0.5, 0.6) is 0 Å². The van der Waals surface area contributed by atoms with Crippen molar-refractivity contribution in [2.75, 3.05) is 18.5 Å². The fourth-order valence-corrected chi connectivity index (χ4v) is 2.29. The van der Waals surface area contributed by atoms with Crippen molar-refractivity contribution in [3.63, 3.8) is 0 Å². The third-order valence-electron chi connectivity index (χ3n) is 3.54. The molecule has 1 aromatic carbocycles. The Balaban J connectivity index is 0.00000324. The zero-order valence-electron chi connectivity index (χ0n) is 12.6. The number of benzene rings is 1. The zero-order valence-corrected chi connectivity index (χ0v) is 13.4. The van der Waals surface area contributed by atoms with Gasteiger partial charge in [-0.2, -0.15) is 0 Å². The second-order valence-electron chi connectivity index (χ2n) is 5.23. The molecule has 110 valence electrons. The van der Waals surface area contributed by atoms with Gasteiger partial charge in [-0.25, -0.2) is 0 Å². The van der Waals surface area contributed by atoms with Gasteiger partial charge in [0.15, 0.2) is 0 Å². The van der Waals surface area contributed by atoms with E-state index in [0.717, 1.165) is 0 Å². The molecule has 0 atom stereocenters. The predicted octanol–water partition coefficient (Wildman–Crippen LogP) is 5.69. The number of nitrogens with zero attached hydrogens (tertiary/aromatic N) is 1. The molecule has 0 heterocycles. The zero-order chi connectivity index (χ0) is 13.1. The van der Waals surface area contributed by atoms with Gasteiger partial charge in [0.1, 0.15) is 0 Å². The minimum atomic E-state index is 0. The molecule has 0 spiro atoms. The number of halogens is 1. The van der Waals surface area contributed by atoms with Gasteiger partial charge in [-0.3, -0.25) is 0 Å². The molecule has 0 aliphatic carbocycles. The first-order valence-corrected chi connectivity index (χ1v) is 7.60. The topological polar surface area (TPSA) is 3.24 Å². The van der Waals surface area contributed by atoms with Crippen LogP contribution in [0.1, 0.15) is 58.3 Å². The van der Waals surface area contributed by atoms with E-state index >= 15 is 0 Å². The van der Waals surface area contributed by atoms with Gasteiger partial charge in [0.05, 0.1) is 0 Å². The van der Waals surface area contributed by atoms with Gasteiger partial charge in [-0.1, -0.05) is 70.1 Å². The van der Waals surface area contributed by atoms with Crippen LogP contribution in [0.15, 0.2) is 30.3 Å². The summed E-state index contributed by atoms with van der Waals surface area (Å²) in [5, 5.41) is 0. The summed E-state index contributed by atoms with van der Waals surface area (Å²) in [6.45, 7) is 3.46. The molecule has 0 fully saturated rings. The third kappa shape index (κ3) is 8.93. The van der Waals surface area contributed by atoms with Crippen LogP contribution in [0.4, 0.5) is 5.69 Å². The number of rotatable bonds is 10. The molecule has 0 aliphatic rings. The summed E-state index contributed by atoms with van der Waals surface area (Å²) in [5.74, 6) is 0. The van der Waals surface area contributed by atoms with Crippen LogP contribution >= 0.6 is 12.4 Å². The Morgan fingerprint density at radius 1 is 0.789 bits per heavy atom. The van der Waals surface area contributed by atoms with Gasteiger partial charge in [-0.05, 0) is 18.6 Å². The summed E-state index contributed by atoms with van der Waals surface area (Å²) < 4.78 is 0. The molecule has 0 bridgehead atoms. The highest BCUT2D eigenvalue weighted by Crippen LogP contribution is 2.13. The molecule has 0 radical (unpaired) electrons. The molecule has 19 heavy (non-hydrogen) atoms. The van der Waals surface area contributed by atoms with Crippen LogP contribution in [0.3, 0.4) is 0 Å². The molecule has 1 nitrogen and oxygen atoms in total. The van der Waals surface area contributed by atoms with Crippen molar-refractivity contribution >= 4 is 18.1 Å². The molecule has 0 aromatic heterocycles. The van der Waals surface area contributed by atoms with E-state index in [-0.39, 0.29) is 12.4 Å². The van der Waals surface area contributed by atoms with Gasteiger partial charge < -0.3 is 4.90 Å². The largest absolute Gasteiger partial charge is 0.375 e. The average molecular weight is 284 g/mol. The Morgan fingerprint density at radius 2 is 1.32 bits per heavy atom. The van der Waals surface area contributed by atoms with Crippen LogP contribution in [-0.2, 0) is 0 Å². The first kappa shape index (κ1) is 18.3. The van der Waals surface area contributed by atoms with E-state index in [1.54, 1.807) is 0 Å². The molecule has 1 rings (SSSR count). The second-order valence-corrected chi connectivity index (χ2v) is 5.23. The maximum atomic E-state index is 2.36. The highest BCUT2D eigenvalue weighted by molar-refractivity contribution is 5.85. The Labute approximate surface area is 125 Å². The van der Waals surface area contributed by atoms with Crippen LogP contribution in [0.2, 0.25) is 0 Å². The molecule has 0 unspecified atom stereocenters. The van der Waals surface area contributed by atoms with Gasteiger partial charge in [0, 0.05) is 19.3 Å². The Bertz CT molecular complexity index is 287. The minimum absolute atomic E-state index is 0. The second kappa shape index (κ2) is 12.3. The Morgan fingerprint density at radius 3 is 1.89 bits per heavy atom. The Hall–Kier alpha value is -0.690. The molecular weight excluding hydrogens is 254 g/mol. The van der Waals surface area contributed by atoms with Crippen LogP contribution < -0.4 is 4.90 Å². The molecule has 0 amide bonds. The lowest BCUT2D eigenvalue weighted by molar-refractivity contribution is 0.575. The summed E-state index contributed by atoms with van der Waals surface area (Å²) in [6.07, 6.45) is 11.2. The van der Waals surface area contributed by atoms with Gasteiger partial charge in [-0.15, -0.1) is 12.4 Å². The van der Waals surface area contributed by atoms with E-state index in [1.165, 1.54) is 63.6 Å².